The molecule has 0 spiro atoms. The Hall–Kier alpha value is -1.62. The van der Waals surface area contributed by atoms with Crippen molar-refractivity contribution in [2.45, 2.75) is 53.0 Å². The van der Waals surface area contributed by atoms with Gasteiger partial charge in [-0.15, -0.1) is 0 Å². The van der Waals surface area contributed by atoms with Gasteiger partial charge in [0, 0.05) is 37.0 Å². The lowest BCUT2D eigenvalue weighted by Crippen LogP contribution is -2.37. The third kappa shape index (κ3) is 4.44. The van der Waals surface area contributed by atoms with Gasteiger partial charge in [-0.05, 0) is 31.2 Å². The Balaban J connectivity index is 1.96. The highest BCUT2D eigenvalue weighted by Crippen LogP contribution is 2.29. The first kappa shape index (κ1) is 17.7. The average Bonchev–Trinajstić information content (AvgIpc) is 2.95. The number of nitrogens with zero attached hydrogens (tertiary/aromatic N) is 3. The molecule has 0 aliphatic carbocycles. The maximum Gasteiger partial charge on any atom is 0.246 e. The van der Waals surface area contributed by atoms with Crippen molar-refractivity contribution >= 4 is 5.91 Å². The van der Waals surface area contributed by atoms with Crippen molar-refractivity contribution in [1.82, 2.24) is 14.7 Å². The molecule has 2 rings (SSSR count). The van der Waals surface area contributed by atoms with Crippen molar-refractivity contribution in [2.75, 3.05) is 19.7 Å². The maximum atomic E-state index is 12.4. The summed E-state index contributed by atoms with van der Waals surface area (Å²) in [5.74, 6) is 0.542. The van der Waals surface area contributed by atoms with Gasteiger partial charge in [0.15, 0.2) is 0 Å². The Morgan fingerprint density at radius 3 is 2.61 bits per heavy atom. The minimum absolute atomic E-state index is 0.0325. The first-order valence-corrected chi connectivity index (χ1v) is 8.43. The Kier molecular flexibility index (Phi) is 5.63. The van der Waals surface area contributed by atoms with Crippen molar-refractivity contribution in [2.24, 2.45) is 5.41 Å². The quantitative estimate of drug-likeness (QED) is 0.868. The smallest absolute Gasteiger partial charge is 0.246 e. The van der Waals surface area contributed by atoms with E-state index in [2.05, 4.69) is 25.9 Å². The second kappa shape index (κ2) is 7.30. The van der Waals surface area contributed by atoms with Gasteiger partial charge in [-0.25, -0.2) is 0 Å². The van der Waals surface area contributed by atoms with E-state index in [1.165, 1.54) is 5.69 Å². The molecule has 1 N–H and O–H groups in total. The Morgan fingerprint density at radius 1 is 1.39 bits per heavy atom. The standard InChI is InChI=1S/C18H29N3O2/c1-14(18(2,3)4)13-17(23)20-9-6-15(7-10-20)16-5-8-19-21(16)11-12-22/h5,8,13,15,22H,6-7,9-12H2,1-4H3. The highest BCUT2D eigenvalue weighted by Gasteiger charge is 2.25. The molecule has 0 unspecified atom stereocenters. The third-order valence-corrected chi connectivity index (χ3v) is 4.81. The number of hydrogen-bond donors (Lipinski definition) is 1. The highest BCUT2D eigenvalue weighted by atomic mass is 16.3. The van der Waals surface area contributed by atoms with E-state index in [1.807, 2.05) is 22.6 Å². The molecular weight excluding hydrogens is 290 g/mol. The number of aliphatic hydroxyl groups excluding tert-OH is 1. The van der Waals surface area contributed by atoms with Crippen LogP contribution >= 0.6 is 0 Å². The van der Waals surface area contributed by atoms with Crippen LogP contribution in [0.4, 0.5) is 0 Å². The fourth-order valence-electron chi connectivity index (χ4n) is 2.86. The molecule has 1 saturated heterocycles. The average molecular weight is 319 g/mol. The SMILES string of the molecule is CC(=CC(=O)N1CCC(c2ccnn2CCO)CC1)C(C)(C)C. The lowest BCUT2D eigenvalue weighted by Gasteiger charge is -2.32. The fraction of sp³-hybridized carbons (Fsp3) is 0.667. The summed E-state index contributed by atoms with van der Waals surface area (Å²) < 4.78 is 1.88. The molecule has 2 heterocycles. The van der Waals surface area contributed by atoms with E-state index in [1.54, 1.807) is 12.3 Å². The Morgan fingerprint density at radius 2 is 2.04 bits per heavy atom. The monoisotopic (exact) mass is 319 g/mol. The zero-order chi connectivity index (χ0) is 17.0. The number of amides is 1. The number of rotatable bonds is 4. The van der Waals surface area contributed by atoms with Gasteiger partial charge in [-0.2, -0.15) is 5.10 Å². The summed E-state index contributed by atoms with van der Waals surface area (Å²) in [5.41, 5.74) is 2.32. The van der Waals surface area contributed by atoms with Crippen molar-refractivity contribution < 1.29 is 9.90 Å². The van der Waals surface area contributed by atoms with Crippen LogP contribution in [-0.2, 0) is 11.3 Å². The third-order valence-electron chi connectivity index (χ3n) is 4.81. The second-order valence-electron chi connectivity index (χ2n) is 7.38. The number of hydrogen-bond acceptors (Lipinski definition) is 3. The largest absolute Gasteiger partial charge is 0.394 e. The minimum Gasteiger partial charge on any atom is -0.394 e. The van der Waals surface area contributed by atoms with Crippen LogP contribution < -0.4 is 0 Å². The predicted molar refractivity (Wildman–Crippen MR) is 91.1 cm³/mol. The van der Waals surface area contributed by atoms with E-state index in [0.29, 0.717) is 12.5 Å². The van der Waals surface area contributed by atoms with Crippen molar-refractivity contribution in [1.29, 1.82) is 0 Å². The van der Waals surface area contributed by atoms with Gasteiger partial charge in [0.2, 0.25) is 5.91 Å². The predicted octanol–water partition coefficient (Wildman–Crippen LogP) is 2.57. The van der Waals surface area contributed by atoms with Crippen LogP contribution in [0.2, 0.25) is 0 Å². The number of carbonyl (C=O) groups is 1. The molecule has 1 aromatic rings. The molecule has 1 fully saturated rings. The summed E-state index contributed by atoms with van der Waals surface area (Å²) in [4.78, 5) is 14.4. The van der Waals surface area contributed by atoms with Gasteiger partial charge in [0.05, 0.1) is 13.2 Å². The molecule has 1 aromatic heterocycles. The van der Waals surface area contributed by atoms with Crippen LogP contribution in [0.5, 0.6) is 0 Å². The van der Waals surface area contributed by atoms with Crippen LogP contribution in [0.15, 0.2) is 23.9 Å². The van der Waals surface area contributed by atoms with Gasteiger partial charge >= 0.3 is 0 Å². The molecule has 5 nitrogen and oxygen atoms in total. The molecule has 1 amide bonds. The number of aromatic nitrogens is 2. The topological polar surface area (TPSA) is 58.4 Å². The molecular formula is C18H29N3O2. The number of carbonyl (C=O) groups excluding carboxylic acids is 1. The summed E-state index contributed by atoms with van der Waals surface area (Å²) >= 11 is 0. The van der Waals surface area contributed by atoms with E-state index in [4.69, 9.17) is 5.11 Å². The first-order chi connectivity index (χ1) is 10.8. The van der Waals surface area contributed by atoms with Gasteiger partial charge in [0.1, 0.15) is 0 Å². The van der Waals surface area contributed by atoms with Gasteiger partial charge < -0.3 is 10.0 Å². The molecule has 5 heteroatoms. The summed E-state index contributed by atoms with van der Waals surface area (Å²) in [6.07, 6.45) is 5.48. The summed E-state index contributed by atoms with van der Waals surface area (Å²) in [6, 6.07) is 2.03. The summed E-state index contributed by atoms with van der Waals surface area (Å²) in [7, 11) is 0. The normalized spacial score (nSPS) is 17.6. The Bertz CT molecular complexity index is 561. The number of allylic oxidation sites excluding steroid dienone is 1. The van der Waals surface area contributed by atoms with Crippen LogP contribution in [0.1, 0.15) is 52.1 Å². The summed E-state index contributed by atoms with van der Waals surface area (Å²) in [5, 5.41) is 13.4. The van der Waals surface area contributed by atoms with E-state index < -0.39 is 0 Å². The molecule has 0 radical (unpaired) electrons. The minimum atomic E-state index is 0.0325. The van der Waals surface area contributed by atoms with Crippen LogP contribution in [0.25, 0.3) is 0 Å². The van der Waals surface area contributed by atoms with E-state index in [-0.39, 0.29) is 17.9 Å². The molecule has 0 aromatic carbocycles. The fourth-order valence-corrected chi connectivity index (χ4v) is 2.86. The van der Waals surface area contributed by atoms with Crippen molar-refractivity contribution in [3.63, 3.8) is 0 Å². The lowest BCUT2D eigenvalue weighted by molar-refractivity contribution is -0.127. The molecule has 0 atom stereocenters. The van der Waals surface area contributed by atoms with Crippen molar-refractivity contribution in [3.05, 3.63) is 29.6 Å². The van der Waals surface area contributed by atoms with Crippen LogP contribution in [-0.4, -0.2) is 45.4 Å². The first-order valence-electron chi connectivity index (χ1n) is 8.43. The molecule has 23 heavy (non-hydrogen) atoms. The highest BCUT2D eigenvalue weighted by molar-refractivity contribution is 5.88. The van der Waals surface area contributed by atoms with Gasteiger partial charge in [0.25, 0.3) is 0 Å². The molecule has 1 aliphatic heterocycles. The summed E-state index contributed by atoms with van der Waals surface area (Å²) in [6.45, 7) is 10.6. The van der Waals surface area contributed by atoms with Crippen molar-refractivity contribution in [3.8, 4) is 0 Å². The number of aliphatic hydroxyl groups is 1. The number of piperidine rings is 1. The van der Waals surface area contributed by atoms with E-state index in [9.17, 15) is 4.79 Å². The van der Waals surface area contributed by atoms with E-state index in [0.717, 1.165) is 31.5 Å². The Labute approximate surface area is 139 Å². The second-order valence-corrected chi connectivity index (χ2v) is 7.38. The zero-order valence-corrected chi connectivity index (χ0v) is 14.7. The maximum absolute atomic E-state index is 12.4. The van der Waals surface area contributed by atoms with Crippen LogP contribution in [0, 0.1) is 5.41 Å². The van der Waals surface area contributed by atoms with Gasteiger partial charge in [-0.3, -0.25) is 9.48 Å². The van der Waals surface area contributed by atoms with Crippen LogP contribution in [0.3, 0.4) is 0 Å². The van der Waals surface area contributed by atoms with E-state index >= 15 is 0 Å². The molecule has 1 aliphatic rings. The van der Waals surface area contributed by atoms with Gasteiger partial charge in [-0.1, -0.05) is 26.3 Å². The molecule has 0 saturated carbocycles. The zero-order valence-electron chi connectivity index (χ0n) is 14.7. The molecule has 128 valence electrons. The molecule has 0 bridgehead atoms. The lowest BCUT2D eigenvalue weighted by atomic mass is 9.87. The number of likely N-dealkylation sites (tertiary alicyclic amines) is 1.